The first-order valence-corrected chi connectivity index (χ1v) is 4.25. The first-order valence-electron chi connectivity index (χ1n) is 4.25. The standard InChI is InChI=1S/C8H20N2O/c1-4-10(6-5-9-3)7-8(2)11/h8-9,11H,4-7H2,1-3H3. The van der Waals surface area contributed by atoms with Crippen molar-refractivity contribution < 1.29 is 5.11 Å². The minimum absolute atomic E-state index is 0.216. The molecule has 0 amide bonds. The summed E-state index contributed by atoms with van der Waals surface area (Å²) in [7, 11) is 1.94. The van der Waals surface area contributed by atoms with Crippen molar-refractivity contribution in [2.45, 2.75) is 20.0 Å². The van der Waals surface area contributed by atoms with E-state index in [1.807, 2.05) is 14.0 Å². The third-order valence-electron chi connectivity index (χ3n) is 1.65. The molecule has 11 heavy (non-hydrogen) atoms. The summed E-state index contributed by atoms with van der Waals surface area (Å²) in [6.45, 7) is 7.71. The topological polar surface area (TPSA) is 35.5 Å². The van der Waals surface area contributed by atoms with Crippen LogP contribution in [0.4, 0.5) is 0 Å². The molecular formula is C8H20N2O. The highest BCUT2D eigenvalue weighted by atomic mass is 16.3. The van der Waals surface area contributed by atoms with Crippen molar-refractivity contribution >= 4 is 0 Å². The molecule has 1 atom stereocenters. The highest BCUT2D eigenvalue weighted by Gasteiger charge is 2.03. The molecule has 0 aliphatic carbocycles. The molecule has 0 aromatic heterocycles. The normalized spacial score (nSPS) is 13.9. The van der Waals surface area contributed by atoms with Crippen molar-refractivity contribution in [2.24, 2.45) is 0 Å². The van der Waals surface area contributed by atoms with Gasteiger partial charge in [0, 0.05) is 19.6 Å². The summed E-state index contributed by atoms with van der Waals surface area (Å²) in [5, 5.41) is 12.2. The molecule has 2 N–H and O–H groups in total. The number of nitrogens with one attached hydrogen (secondary N) is 1. The second-order valence-electron chi connectivity index (χ2n) is 2.85. The van der Waals surface area contributed by atoms with E-state index in [2.05, 4.69) is 17.1 Å². The molecule has 0 heterocycles. The molecule has 0 spiro atoms. The van der Waals surface area contributed by atoms with Gasteiger partial charge < -0.3 is 10.4 Å². The van der Waals surface area contributed by atoms with Gasteiger partial charge in [0.1, 0.15) is 0 Å². The Kier molecular flexibility index (Phi) is 6.51. The minimum Gasteiger partial charge on any atom is -0.392 e. The van der Waals surface area contributed by atoms with E-state index in [9.17, 15) is 0 Å². The third-order valence-corrected chi connectivity index (χ3v) is 1.65. The van der Waals surface area contributed by atoms with Gasteiger partial charge in [-0.15, -0.1) is 0 Å². The lowest BCUT2D eigenvalue weighted by atomic mass is 10.3. The van der Waals surface area contributed by atoms with E-state index in [4.69, 9.17) is 5.11 Å². The highest BCUT2D eigenvalue weighted by molar-refractivity contribution is 4.59. The second-order valence-corrected chi connectivity index (χ2v) is 2.85. The minimum atomic E-state index is -0.216. The van der Waals surface area contributed by atoms with Crippen LogP contribution in [0, 0.1) is 0 Å². The van der Waals surface area contributed by atoms with Crippen molar-refractivity contribution in [3.05, 3.63) is 0 Å². The average molecular weight is 160 g/mol. The zero-order valence-electron chi connectivity index (χ0n) is 7.80. The lowest BCUT2D eigenvalue weighted by Gasteiger charge is -2.21. The van der Waals surface area contributed by atoms with Crippen LogP contribution in [0.15, 0.2) is 0 Å². The monoisotopic (exact) mass is 160 g/mol. The number of aliphatic hydroxyl groups excluding tert-OH is 1. The van der Waals surface area contributed by atoms with Crippen LogP contribution in [-0.2, 0) is 0 Å². The van der Waals surface area contributed by atoms with Crippen LogP contribution in [0.25, 0.3) is 0 Å². The molecule has 0 aliphatic heterocycles. The molecule has 0 fully saturated rings. The molecule has 1 unspecified atom stereocenters. The average Bonchev–Trinajstić information content (AvgIpc) is 1.97. The van der Waals surface area contributed by atoms with Crippen LogP contribution in [0.1, 0.15) is 13.8 Å². The van der Waals surface area contributed by atoms with Crippen LogP contribution in [0.3, 0.4) is 0 Å². The zero-order chi connectivity index (χ0) is 8.69. The van der Waals surface area contributed by atoms with E-state index in [1.54, 1.807) is 0 Å². The smallest absolute Gasteiger partial charge is 0.0639 e. The lowest BCUT2D eigenvalue weighted by Crippen LogP contribution is -2.35. The fraction of sp³-hybridized carbons (Fsp3) is 1.00. The van der Waals surface area contributed by atoms with E-state index in [-0.39, 0.29) is 6.10 Å². The Morgan fingerprint density at radius 2 is 2.18 bits per heavy atom. The number of rotatable bonds is 6. The van der Waals surface area contributed by atoms with Gasteiger partial charge in [0.05, 0.1) is 6.10 Å². The summed E-state index contributed by atoms with van der Waals surface area (Å²) in [6.07, 6.45) is -0.216. The van der Waals surface area contributed by atoms with Crippen LogP contribution < -0.4 is 5.32 Å². The third kappa shape index (κ3) is 6.28. The summed E-state index contributed by atoms with van der Waals surface area (Å²) >= 11 is 0. The fourth-order valence-electron chi connectivity index (χ4n) is 1.02. The maximum absolute atomic E-state index is 9.09. The summed E-state index contributed by atoms with van der Waals surface area (Å²) in [5.74, 6) is 0. The van der Waals surface area contributed by atoms with Crippen LogP contribution in [0.5, 0.6) is 0 Å². The second kappa shape index (κ2) is 6.58. The summed E-state index contributed by atoms with van der Waals surface area (Å²) in [4.78, 5) is 2.22. The van der Waals surface area contributed by atoms with Gasteiger partial charge in [-0.1, -0.05) is 6.92 Å². The molecule has 0 saturated heterocycles. The number of aliphatic hydroxyl groups is 1. The molecule has 68 valence electrons. The Morgan fingerprint density at radius 1 is 1.55 bits per heavy atom. The molecule has 0 bridgehead atoms. The van der Waals surface area contributed by atoms with Crippen molar-refractivity contribution in [3.63, 3.8) is 0 Å². The van der Waals surface area contributed by atoms with E-state index in [0.717, 1.165) is 26.2 Å². The Hall–Kier alpha value is -0.120. The van der Waals surface area contributed by atoms with Gasteiger partial charge in [-0.05, 0) is 20.5 Å². The molecule has 0 rings (SSSR count). The Balaban J connectivity index is 3.41. The highest BCUT2D eigenvalue weighted by Crippen LogP contribution is 1.89. The molecule has 0 aromatic rings. The van der Waals surface area contributed by atoms with Gasteiger partial charge >= 0.3 is 0 Å². The molecule has 0 radical (unpaired) electrons. The quantitative estimate of drug-likeness (QED) is 0.570. The van der Waals surface area contributed by atoms with Gasteiger partial charge in [0.15, 0.2) is 0 Å². The van der Waals surface area contributed by atoms with Crippen molar-refractivity contribution in [1.82, 2.24) is 10.2 Å². The molecule has 0 aromatic carbocycles. The fourth-order valence-corrected chi connectivity index (χ4v) is 1.02. The molecule has 3 heteroatoms. The number of hydrogen-bond donors (Lipinski definition) is 2. The SMILES string of the molecule is CCN(CCNC)CC(C)O. The van der Waals surface area contributed by atoms with E-state index in [0.29, 0.717) is 0 Å². The maximum Gasteiger partial charge on any atom is 0.0639 e. The van der Waals surface area contributed by atoms with Gasteiger partial charge in [0.25, 0.3) is 0 Å². The van der Waals surface area contributed by atoms with Crippen molar-refractivity contribution in [2.75, 3.05) is 33.2 Å². The number of nitrogens with zero attached hydrogens (tertiary/aromatic N) is 1. The number of hydrogen-bond acceptors (Lipinski definition) is 3. The van der Waals surface area contributed by atoms with Crippen molar-refractivity contribution in [3.8, 4) is 0 Å². The predicted octanol–water partition coefficient (Wildman–Crippen LogP) is -0.0915. The Bertz CT molecular complexity index is 86.2. The Labute approximate surface area is 69.4 Å². The summed E-state index contributed by atoms with van der Waals surface area (Å²) in [6, 6.07) is 0. The zero-order valence-corrected chi connectivity index (χ0v) is 7.80. The van der Waals surface area contributed by atoms with E-state index >= 15 is 0 Å². The van der Waals surface area contributed by atoms with Crippen molar-refractivity contribution in [1.29, 1.82) is 0 Å². The maximum atomic E-state index is 9.09. The van der Waals surface area contributed by atoms with E-state index in [1.165, 1.54) is 0 Å². The number of likely N-dealkylation sites (N-methyl/N-ethyl adjacent to an activating group) is 2. The van der Waals surface area contributed by atoms with Gasteiger partial charge in [-0.25, -0.2) is 0 Å². The van der Waals surface area contributed by atoms with Gasteiger partial charge in [-0.2, -0.15) is 0 Å². The lowest BCUT2D eigenvalue weighted by molar-refractivity contribution is 0.130. The van der Waals surface area contributed by atoms with Crippen LogP contribution >= 0.6 is 0 Å². The van der Waals surface area contributed by atoms with Gasteiger partial charge in [-0.3, -0.25) is 4.90 Å². The predicted molar refractivity (Wildman–Crippen MR) is 47.7 cm³/mol. The molecule has 0 saturated carbocycles. The first-order chi connectivity index (χ1) is 5.20. The van der Waals surface area contributed by atoms with Crippen LogP contribution in [0.2, 0.25) is 0 Å². The Morgan fingerprint density at radius 3 is 2.55 bits per heavy atom. The van der Waals surface area contributed by atoms with Gasteiger partial charge in [0.2, 0.25) is 0 Å². The summed E-state index contributed by atoms with van der Waals surface area (Å²) in [5.41, 5.74) is 0. The molecular weight excluding hydrogens is 140 g/mol. The largest absolute Gasteiger partial charge is 0.392 e. The summed E-state index contributed by atoms with van der Waals surface area (Å²) < 4.78 is 0. The molecule has 3 nitrogen and oxygen atoms in total. The van der Waals surface area contributed by atoms with Crippen LogP contribution in [-0.4, -0.2) is 49.3 Å². The van der Waals surface area contributed by atoms with E-state index < -0.39 is 0 Å². The first kappa shape index (κ1) is 10.9. The molecule has 0 aliphatic rings.